The molecule has 0 aromatic rings. The van der Waals surface area contributed by atoms with Crippen LogP contribution in [0.3, 0.4) is 0 Å². The lowest BCUT2D eigenvalue weighted by molar-refractivity contribution is -0.180. The number of aliphatic hydroxyl groups excluding tert-OH is 2. The summed E-state index contributed by atoms with van der Waals surface area (Å²) in [6.45, 7) is 12.9. The van der Waals surface area contributed by atoms with Gasteiger partial charge in [-0.1, -0.05) is 41.0 Å². The molecule has 5 heteroatoms. The first-order chi connectivity index (χ1) is 14.4. The number of hydrogen-bond acceptors (Lipinski definition) is 5. The number of rotatable bonds is 10. The largest absolute Gasteiger partial charge is 0.459 e. The number of ether oxygens (including phenoxy) is 2. The van der Waals surface area contributed by atoms with Gasteiger partial charge in [-0.25, -0.2) is 0 Å². The van der Waals surface area contributed by atoms with Gasteiger partial charge < -0.3 is 19.7 Å². The molecule has 3 rings (SSSR count). The Labute approximate surface area is 189 Å². The molecule has 0 bridgehead atoms. The van der Waals surface area contributed by atoms with Crippen molar-refractivity contribution in [3.8, 4) is 0 Å². The van der Waals surface area contributed by atoms with E-state index < -0.39 is 17.1 Å². The molecule has 0 aromatic carbocycles. The second-order valence-electron chi connectivity index (χ2n) is 12.6. The molecule has 0 aliphatic heterocycles. The predicted octanol–water partition coefficient (Wildman–Crippen LogP) is 4.73. The Kier molecular flexibility index (Phi) is 7.21. The van der Waals surface area contributed by atoms with Crippen molar-refractivity contribution >= 4 is 5.97 Å². The maximum absolute atomic E-state index is 13.7. The van der Waals surface area contributed by atoms with Crippen molar-refractivity contribution in [3.05, 3.63) is 0 Å². The first kappa shape index (κ1) is 25.0. The monoisotopic (exact) mass is 438 g/mol. The van der Waals surface area contributed by atoms with Crippen LogP contribution in [0.2, 0.25) is 0 Å². The van der Waals surface area contributed by atoms with E-state index in [4.69, 9.17) is 9.47 Å². The standard InChI is InChI=1S/C26H46O5/c1-18(2)24(6,16-23(3,4)5)22(29)31-25(10-11-30-21(14-27)15-28)13-20-12-19-8-7-9-26(19,20)17-25/h18-21,27-28H,7-17H2,1-6H3. The smallest absolute Gasteiger partial charge is 0.312 e. The number of carbonyl (C=O) groups excluding carboxylic acids is 1. The van der Waals surface area contributed by atoms with E-state index in [1.807, 2.05) is 0 Å². The minimum atomic E-state index is -0.565. The van der Waals surface area contributed by atoms with Gasteiger partial charge in [0, 0.05) is 6.42 Å². The lowest BCUT2D eigenvalue weighted by Gasteiger charge is -2.48. The molecule has 0 aromatic heterocycles. The van der Waals surface area contributed by atoms with Crippen LogP contribution < -0.4 is 0 Å². The van der Waals surface area contributed by atoms with Crippen LogP contribution in [0.4, 0.5) is 0 Å². The quantitative estimate of drug-likeness (QED) is 0.482. The number of carbonyl (C=O) groups is 1. The summed E-state index contributed by atoms with van der Waals surface area (Å²) in [5, 5.41) is 18.7. The molecule has 3 saturated carbocycles. The van der Waals surface area contributed by atoms with Crippen LogP contribution in [0.15, 0.2) is 0 Å². The zero-order valence-corrected chi connectivity index (χ0v) is 20.7. The third-order valence-corrected chi connectivity index (χ3v) is 8.93. The van der Waals surface area contributed by atoms with E-state index in [-0.39, 0.29) is 30.5 Å². The fraction of sp³-hybridized carbons (Fsp3) is 0.962. The van der Waals surface area contributed by atoms with Crippen molar-refractivity contribution < 1.29 is 24.5 Å². The van der Waals surface area contributed by atoms with E-state index in [0.717, 1.165) is 25.2 Å². The molecule has 2 N–H and O–H groups in total. The fourth-order valence-electron chi connectivity index (χ4n) is 7.08. The molecule has 31 heavy (non-hydrogen) atoms. The van der Waals surface area contributed by atoms with E-state index in [1.165, 1.54) is 25.7 Å². The van der Waals surface area contributed by atoms with Crippen molar-refractivity contribution in [2.24, 2.45) is 34.0 Å². The SMILES string of the molecule is CC(C)C(C)(CC(C)(C)C)C(=O)OC1(CCOC(CO)CO)CC2CC3CCCC32C1. The molecule has 0 saturated heterocycles. The molecule has 1 spiro atoms. The summed E-state index contributed by atoms with van der Waals surface area (Å²) < 4.78 is 12.3. The van der Waals surface area contributed by atoms with Crippen LogP contribution in [0.5, 0.6) is 0 Å². The summed E-state index contributed by atoms with van der Waals surface area (Å²) in [5.41, 5.74) is -0.608. The lowest BCUT2D eigenvalue weighted by Crippen LogP contribution is -2.45. The fourth-order valence-corrected chi connectivity index (χ4v) is 7.08. The van der Waals surface area contributed by atoms with Gasteiger partial charge in [0.15, 0.2) is 0 Å². The molecule has 3 fully saturated rings. The molecule has 3 aliphatic carbocycles. The van der Waals surface area contributed by atoms with Crippen molar-refractivity contribution in [2.45, 2.75) is 105 Å². The molecule has 3 aliphatic rings. The van der Waals surface area contributed by atoms with E-state index in [1.54, 1.807) is 0 Å². The minimum Gasteiger partial charge on any atom is -0.459 e. The van der Waals surface area contributed by atoms with Gasteiger partial charge in [-0.3, -0.25) is 4.79 Å². The zero-order chi connectivity index (χ0) is 23.1. The van der Waals surface area contributed by atoms with E-state index in [9.17, 15) is 15.0 Å². The Morgan fingerprint density at radius 1 is 1.13 bits per heavy atom. The molecule has 5 atom stereocenters. The zero-order valence-electron chi connectivity index (χ0n) is 20.7. The minimum absolute atomic E-state index is 0.0354. The maximum Gasteiger partial charge on any atom is 0.312 e. The maximum atomic E-state index is 13.7. The van der Waals surface area contributed by atoms with Gasteiger partial charge in [0.1, 0.15) is 11.7 Å². The third kappa shape index (κ3) is 4.84. The summed E-state index contributed by atoms with van der Waals surface area (Å²) in [5.74, 6) is 1.58. The first-order valence-corrected chi connectivity index (χ1v) is 12.5. The second-order valence-corrected chi connectivity index (χ2v) is 12.6. The predicted molar refractivity (Wildman–Crippen MR) is 121 cm³/mol. The molecule has 0 radical (unpaired) electrons. The average Bonchev–Trinajstić information content (AvgIpc) is 3.10. The molecule has 0 heterocycles. The summed E-state index contributed by atoms with van der Waals surface area (Å²) in [7, 11) is 0. The van der Waals surface area contributed by atoms with E-state index >= 15 is 0 Å². The van der Waals surface area contributed by atoms with Gasteiger partial charge in [0.25, 0.3) is 0 Å². The molecular formula is C26H46O5. The van der Waals surface area contributed by atoms with Gasteiger partial charge in [-0.05, 0) is 74.0 Å². The number of aliphatic hydroxyl groups is 2. The lowest BCUT2D eigenvalue weighted by atomic mass is 9.56. The summed E-state index contributed by atoms with van der Waals surface area (Å²) >= 11 is 0. The summed E-state index contributed by atoms with van der Waals surface area (Å²) in [4.78, 5) is 13.7. The Balaban J connectivity index is 1.79. The molecule has 5 unspecified atom stereocenters. The van der Waals surface area contributed by atoms with Crippen molar-refractivity contribution in [1.29, 1.82) is 0 Å². The van der Waals surface area contributed by atoms with Crippen LogP contribution in [0, 0.1) is 34.0 Å². The third-order valence-electron chi connectivity index (χ3n) is 8.93. The van der Waals surface area contributed by atoms with Gasteiger partial charge in [0.05, 0.1) is 25.2 Å². The van der Waals surface area contributed by atoms with Crippen LogP contribution in [-0.2, 0) is 14.3 Å². The van der Waals surface area contributed by atoms with Crippen LogP contribution in [-0.4, -0.2) is 47.7 Å². The normalized spacial score (nSPS) is 34.4. The first-order valence-electron chi connectivity index (χ1n) is 12.5. The topological polar surface area (TPSA) is 76.0 Å². The average molecular weight is 439 g/mol. The summed E-state index contributed by atoms with van der Waals surface area (Å²) in [6.07, 6.45) is 7.92. The molecule has 0 amide bonds. The highest BCUT2D eigenvalue weighted by atomic mass is 16.6. The summed E-state index contributed by atoms with van der Waals surface area (Å²) in [6, 6.07) is 0. The molecular weight excluding hydrogens is 392 g/mol. The van der Waals surface area contributed by atoms with Gasteiger partial charge in [0.2, 0.25) is 0 Å². The Morgan fingerprint density at radius 3 is 2.35 bits per heavy atom. The van der Waals surface area contributed by atoms with E-state index in [0.29, 0.717) is 24.4 Å². The number of hydrogen-bond donors (Lipinski definition) is 2. The highest BCUT2D eigenvalue weighted by Crippen LogP contribution is 2.71. The van der Waals surface area contributed by atoms with Crippen LogP contribution >= 0.6 is 0 Å². The molecule has 5 nitrogen and oxygen atoms in total. The van der Waals surface area contributed by atoms with Crippen molar-refractivity contribution in [3.63, 3.8) is 0 Å². The van der Waals surface area contributed by atoms with Crippen LogP contribution in [0.25, 0.3) is 0 Å². The van der Waals surface area contributed by atoms with Crippen molar-refractivity contribution in [2.75, 3.05) is 19.8 Å². The van der Waals surface area contributed by atoms with Crippen LogP contribution in [0.1, 0.15) is 92.9 Å². The van der Waals surface area contributed by atoms with Crippen molar-refractivity contribution in [1.82, 2.24) is 0 Å². The Bertz CT molecular complexity index is 636. The molecule has 180 valence electrons. The second kappa shape index (κ2) is 8.95. The number of esters is 1. The Hall–Kier alpha value is -0.650. The van der Waals surface area contributed by atoms with Gasteiger partial charge in [-0.15, -0.1) is 0 Å². The van der Waals surface area contributed by atoms with Gasteiger partial charge >= 0.3 is 5.97 Å². The Morgan fingerprint density at radius 2 is 1.81 bits per heavy atom. The van der Waals surface area contributed by atoms with E-state index in [2.05, 4.69) is 41.5 Å². The highest BCUT2D eigenvalue weighted by Gasteiger charge is 2.66. The van der Waals surface area contributed by atoms with Gasteiger partial charge in [-0.2, -0.15) is 0 Å². The highest BCUT2D eigenvalue weighted by molar-refractivity contribution is 5.77.